The number of hydrogen-bond donors (Lipinski definition) is 0. The molecular formula is C21H20O4. The lowest BCUT2D eigenvalue weighted by Gasteiger charge is -2.11. The third kappa shape index (κ3) is 3.20. The van der Waals surface area contributed by atoms with Gasteiger partial charge < -0.3 is 9.15 Å². The average molecular weight is 336 g/mol. The Morgan fingerprint density at radius 1 is 1.12 bits per heavy atom. The van der Waals surface area contributed by atoms with Gasteiger partial charge in [-0.2, -0.15) is 0 Å². The van der Waals surface area contributed by atoms with E-state index in [1.807, 2.05) is 31.2 Å². The quantitative estimate of drug-likeness (QED) is 0.503. The first-order valence-electron chi connectivity index (χ1n) is 8.32. The van der Waals surface area contributed by atoms with E-state index in [9.17, 15) is 9.59 Å². The lowest BCUT2D eigenvalue weighted by atomic mass is 9.94. The molecule has 0 aliphatic carbocycles. The number of furan rings is 1. The van der Waals surface area contributed by atoms with E-state index in [0.29, 0.717) is 23.3 Å². The van der Waals surface area contributed by atoms with Crippen molar-refractivity contribution in [2.45, 2.75) is 26.7 Å². The minimum Gasteiger partial charge on any atom is -0.466 e. The van der Waals surface area contributed by atoms with Crippen LogP contribution in [-0.4, -0.2) is 18.4 Å². The van der Waals surface area contributed by atoms with E-state index in [2.05, 4.69) is 0 Å². The van der Waals surface area contributed by atoms with Crippen molar-refractivity contribution in [3.63, 3.8) is 0 Å². The first kappa shape index (κ1) is 17.0. The Bertz CT molecular complexity index is 922. The van der Waals surface area contributed by atoms with Gasteiger partial charge in [-0.25, -0.2) is 0 Å². The Balaban J connectivity index is 2.19. The molecule has 1 heterocycles. The van der Waals surface area contributed by atoms with Crippen molar-refractivity contribution in [2.75, 3.05) is 6.61 Å². The Hall–Kier alpha value is -2.88. The zero-order chi connectivity index (χ0) is 18.0. The van der Waals surface area contributed by atoms with Crippen LogP contribution in [0.3, 0.4) is 0 Å². The Morgan fingerprint density at radius 3 is 2.52 bits per heavy atom. The van der Waals surface area contributed by atoms with Crippen LogP contribution in [0.5, 0.6) is 0 Å². The highest BCUT2D eigenvalue weighted by Gasteiger charge is 2.29. The van der Waals surface area contributed by atoms with Gasteiger partial charge in [0.2, 0.25) is 5.78 Å². The van der Waals surface area contributed by atoms with Gasteiger partial charge in [0.1, 0.15) is 5.58 Å². The van der Waals surface area contributed by atoms with Gasteiger partial charge in [0.05, 0.1) is 12.5 Å². The zero-order valence-electron chi connectivity index (χ0n) is 14.5. The SMILES string of the molecule is CCOC(=O)[C@@H](C)c1c(C(=O)c2ccccc2)oc2ccc(C)cc12. The summed E-state index contributed by atoms with van der Waals surface area (Å²) < 4.78 is 11.0. The predicted molar refractivity (Wildman–Crippen MR) is 95.9 cm³/mol. The summed E-state index contributed by atoms with van der Waals surface area (Å²) in [5, 5.41) is 0.778. The van der Waals surface area contributed by atoms with Crippen LogP contribution < -0.4 is 0 Å². The van der Waals surface area contributed by atoms with Crippen LogP contribution in [0, 0.1) is 6.92 Å². The first-order valence-corrected chi connectivity index (χ1v) is 8.32. The number of rotatable bonds is 5. The van der Waals surface area contributed by atoms with E-state index in [1.165, 1.54) is 0 Å². The predicted octanol–water partition coefficient (Wildman–Crippen LogP) is 4.64. The molecule has 25 heavy (non-hydrogen) atoms. The van der Waals surface area contributed by atoms with Crippen LogP contribution in [0.25, 0.3) is 11.0 Å². The van der Waals surface area contributed by atoms with Crippen molar-refractivity contribution < 1.29 is 18.7 Å². The first-order chi connectivity index (χ1) is 12.0. The number of ether oxygens (including phenoxy) is 1. The Labute approximate surface area is 146 Å². The molecule has 0 saturated carbocycles. The van der Waals surface area contributed by atoms with E-state index in [-0.39, 0.29) is 17.5 Å². The topological polar surface area (TPSA) is 56.5 Å². The second kappa shape index (κ2) is 6.93. The van der Waals surface area contributed by atoms with Crippen LogP contribution in [-0.2, 0) is 9.53 Å². The Morgan fingerprint density at radius 2 is 1.84 bits per heavy atom. The van der Waals surface area contributed by atoms with E-state index in [4.69, 9.17) is 9.15 Å². The summed E-state index contributed by atoms with van der Waals surface area (Å²) in [5.41, 5.74) is 2.74. The number of hydrogen-bond acceptors (Lipinski definition) is 4. The van der Waals surface area contributed by atoms with E-state index >= 15 is 0 Å². The van der Waals surface area contributed by atoms with Crippen LogP contribution in [0.1, 0.15) is 47.0 Å². The molecule has 0 fully saturated rings. The molecular weight excluding hydrogens is 316 g/mol. The van der Waals surface area contributed by atoms with E-state index < -0.39 is 5.92 Å². The maximum atomic E-state index is 13.0. The number of ketones is 1. The maximum Gasteiger partial charge on any atom is 0.313 e. The molecule has 0 bridgehead atoms. The number of carbonyl (C=O) groups excluding carboxylic acids is 2. The molecule has 1 aromatic heterocycles. The number of benzene rings is 2. The zero-order valence-corrected chi connectivity index (χ0v) is 14.5. The van der Waals surface area contributed by atoms with Gasteiger partial charge in [0.15, 0.2) is 5.76 Å². The molecule has 0 amide bonds. The number of esters is 1. The van der Waals surface area contributed by atoms with Gasteiger partial charge in [-0.3, -0.25) is 9.59 Å². The molecule has 0 N–H and O–H groups in total. The van der Waals surface area contributed by atoms with Crippen molar-refractivity contribution in [1.82, 2.24) is 0 Å². The maximum absolute atomic E-state index is 13.0. The van der Waals surface area contributed by atoms with Crippen molar-refractivity contribution in [3.8, 4) is 0 Å². The van der Waals surface area contributed by atoms with Crippen LogP contribution in [0.2, 0.25) is 0 Å². The fourth-order valence-corrected chi connectivity index (χ4v) is 2.93. The van der Waals surface area contributed by atoms with E-state index in [1.54, 1.807) is 38.1 Å². The van der Waals surface area contributed by atoms with E-state index in [0.717, 1.165) is 10.9 Å². The molecule has 1 atom stereocenters. The minimum atomic E-state index is -0.592. The molecule has 0 spiro atoms. The third-order valence-corrected chi connectivity index (χ3v) is 4.20. The second-order valence-electron chi connectivity index (χ2n) is 6.01. The molecule has 3 rings (SSSR count). The highest BCUT2D eigenvalue weighted by molar-refractivity contribution is 6.11. The average Bonchev–Trinajstić information content (AvgIpc) is 2.99. The standard InChI is InChI=1S/C21H20O4/c1-4-24-21(23)14(3)18-16-12-13(2)10-11-17(16)25-20(18)19(22)15-8-6-5-7-9-15/h5-12,14H,4H2,1-3H3/t14-/m0/s1. The Kier molecular flexibility index (Phi) is 4.70. The number of fused-ring (bicyclic) bond motifs is 1. The smallest absolute Gasteiger partial charge is 0.313 e. The summed E-state index contributed by atoms with van der Waals surface area (Å²) in [7, 11) is 0. The molecule has 3 aromatic rings. The monoisotopic (exact) mass is 336 g/mol. The minimum absolute atomic E-state index is 0.201. The van der Waals surface area contributed by atoms with Gasteiger partial charge >= 0.3 is 5.97 Å². The van der Waals surface area contributed by atoms with Gasteiger partial charge in [-0.1, -0.05) is 42.0 Å². The highest BCUT2D eigenvalue weighted by atomic mass is 16.5. The fourth-order valence-electron chi connectivity index (χ4n) is 2.93. The summed E-state index contributed by atoms with van der Waals surface area (Å²) in [5.74, 6) is -0.993. The molecule has 128 valence electrons. The summed E-state index contributed by atoms with van der Waals surface area (Å²) in [6.07, 6.45) is 0. The molecule has 0 radical (unpaired) electrons. The summed E-state index contributed by atoms with van der Waals surface area (Å²) in [6, 6.07) is 14.6. The summed E-state index contributed by atoms with van der Waals surface area (Å²) >= 11 is 0. The normalized spacial score (nSPS) is 12.1. The van der Waals surface area contributed by atoms with Crippen LogP contribution in [0.15, 0.2) is 52.9 Å². The lowest BCUT2D eigenvalue weighted by Crippen LogP contribution is -2.15. The van der Waals surface area contributed by atoms with Gasteiger partial charge in [-0.15, -0.1) is 0 Å². The second-order valence-corrected chi connectivity index (χ2v) is 6.01. The molecule has 2 aromatic carbocycles. The number of carbonyl (C=O) groups is 2. The molecule has 4 heteroatoms. The molecule has 0 aliphatic rings. The largest absolute Gasteiger partial charge is 0.466 e. The van der Waals surface area contributed by atoms with Crippen LogP contribution in [0.4, 0.5) is 0 Å². The van der Waals surface area contributed by atoms with Gasteiger partial charge in [0.25, 0.3) is 0 Å². The third-order valence-electron chi connectivity index (χ3n) is 4.20. The number of aryl methyl sites for hydroxylation is 1. The summed E-state index contributed by atoms with van der Waals surface area (Å²) in [4.78, 5) is 25.3. The lowest BCUT2D eigenvalue weighted by molar-refractivity contribution is -0.144. The molecule has 0 unspecified atom stereocenters. The highest BCUT2D eigenvalue weighted by Crippen LogP contribution is 2.34. The van der Waals surface area contributed by atoms with Gasteiger partial charge in [-0.05, 0) is 32.9 Å². The fraction of sp³-hybridized carbons (Fsp3) is 0.238. The van der Waals surface area contributed by atoms with Gasteiger partial charge in [0, 0.05) is 16.5 Å². The summed E-state index contributed by atoms with van der Waals surface area (Å²) in [6.45, 7) is 5.76. The van der Waals surface area contributed by atoms with Crippen molar-refractivity contribution in [3.05, 3.63) is 71.0 Å². The van der Waals surface area contributed by atoms with Crippen LogP contribution >= 0.6 is 0 Å². The molecule has 4 nitrogen and oxygen atoms in total. The van der Waals surface area contributed by atoms with Crippen molar-refractivity contribution >= 4 is 22.7 Å². The van der Waals surface area contributed by atoms with Crippen molar-refractivity contribution in [1.29, 1.82) is 0 Å². The molecule has 0 aliphatic heterocycles. The molecule has 0 saturated heterocycles. The van der Waals surface area contributed by atoms with Crippen molar-refractivity contribution in [2.24, 2.45) is 0 Å².